The Bertz CT molecular complexity index is 1860. The van der Waals surface area contributed by atoms with E-state index in [0.29, 0.717) is 36.3 Å². The molecule has 0 fully saturated rings. The van der Waals surface area contributed by atoms with E-state index in [0.717, 1.165) is 16.3 Å². The van der Waals surface area contributed by atoms with E-state index in [-0.39, 0.29) is 37.1 Å². The summed E-state index contributed by atoms with van der Waals surface area (Å²) in [6, 6.07) is 0.208. The van der Waals surface area contributed by atoms with Crippen molar-refractivity contribution in [3.05, 3.63) is 91.4 Å². The molecule has 2 atom stereocenters. The number of benzene rings is 2. The zero-order chi connectivity index (χ0) is 40.9. The normalized spacial score (nSPS) is 13.4. The lowest BCUT2D eigenvalue weighted by molar-refractivity contribution is -0.144. The summed E-state index contributed by atoms with van der Waals surface area (Å²) in [5.41, 5.74) is -4.94. The second-order valence-electron chi connectivity index (χ2n) is 13.7. The van der Waals surface area contributed by atoms with Crippen LogP contribution in [0.25, 0.3) is 11.1 Å². The molecule has 15 heteroatoms. The molecule has 1 unspecified atom stereocenters. The highest BCUT2D eigenvalue weighted by atomic mass is 19.4. The van der Waals surface area contributed by atoms with E-state index < -0.39 is 88.1 Å². The number of alkyl halides is 6. The summed E-state index contributed by atoms with van der Waals surface area (Å²) in [7, 11) is 0. The lowest BCUT2D eigenvalue weighted by Crippen LogP contribution is -2.41. The van der Waals surface area contributed by atoms with Crippen LogP contribution in [0, 0.1) is 38.3 Å². The summed E-state index contributed by atoms with van der Waals surface area (Å²) in [6.45, 7) is 14.2. The van der Waals surface area contributed by atoms with Gasteiger partial charge in [-0.3, -0.25) is 14.4 Å². The first-order valence-corrected chi connectivity index (χ1v) is 17.7. The third-order valence-electron chi connectivity index (χ3n) is 9.22. The van der Waals surface area contributed by atoms with Gasteiger partial charge in [0.15, 0.2) is 0 Å². The molecule has 0 bridgehead atoms. The number of ether oxygens (including phenoxy) is 1. The third kappa shape index (κ3) is 10.5. The summed E-state index contributed by atoms with van der Waals surface area (Å²) in [6.07, 6.45) is -10.7. The van der Waals surface area contributed by atoms with Gasteiger partial charge in [-0.2, -0.15) is 26.3 Å². The number of hydrogen-bond acceptors (Lipinski definition) is 5. The lowest BCUT2D eigenvalue weighted by atomic mass is 9.88. The summed E-state index contributed by atoms with van der Waals surface area (Å²) in [5.74, 6) is -6.23. The standard InChI is InChI=1S/C39H47F8N3O4/c1-9-49(10-2)13-12-25-20-50(31(51)18-27(25)38(42,43)44)30(14-21(4)5)37(53)48-29(19-32(52)54-11-3)34-35(40)26(17-28(36(34)41)39(45,46)47)33-23(7)15-22(6)16-24(33)8/h15-18,20-21,29-30H,9-14,19H2,1-8H3,(H,48,53)/t29-,30?/m0/s1. The number of rotatable bonds is 15. The number of amides is 1. The lowest BCUT2D eigenvalue weighted by Gasteiger charge is -2.28. The Labute approximate surface area is 309 Å². The van der Waals surface area contributed by atoms with Gasteiger partial charge in [0, 0.05) is 29.9 Å². The van der Waals surface area contributed by atoms with Gasteiger partial charge in [0.2, 0.25) is 5.91 Å². The fourth-order valence-electron chi connectivity index (χ4n) is 6.75. The van der Waals surface area contributed by atoms with E-state index in [1.165, 1.54) is 20.8 Å². The highest BCUT2D eigenvalue weighted by Crippen LogP contribution is 2.42. The van der Waals surface area contributed by atoms with Gasteiger partial charge < -0.3 is 19.5 Å². The van der Waals surface area contributed by atoms with Crippen molar-refractivity contribution in [2.75, 3.05) is 26.2 Å². The molecule has 0 saturated carbocycles. The minimum Gasteiger partial charge on any atom is -0.466 e. The monoisotopic (exact) mass is 773 g/mol. The topological polar surface area (TPSA) is 80.6 Å². The first kappa shape index (κ1) is 44.1. The molecule has 0 radical (unpaired) electrons. The first-order valence-electron chi connectivity index (χ1n) is 17.7. The Morgan fingerprint density at radius 3 is 1.94 bits per heavy atom. The van der Waals surface area contributed by atoms with Crippen LogP contribution in [-0.4, -0.2) is 47.6 Å². The highest BCUT2D eigenvalue weighted by Gasteiger charge is 2.41. The average molecular weight is 774 g/mol. The van der Waals surface area contributed by atoms with Crippen molar-refractivity contribution in [2.24, 2.45) is 5.92 Å². The van der Waals surface area contributed by atoms with Gasteiger partial charge in [-0.15, -0.1) is 0 Å². The number of aromatic nitrogens is 1. The summed E-state index contributed by atoms with van der Waals surface area (Å²) >= 11 is 0. The van der Waals surface area contributed by atoms with Crippen LogP contribution in [0.1, 0.15) is 98.5 Å². The molecule has 3 rings (SSSR count). The van der Waals surface area contributed by atoms with Crippen molar-refractivity contribution in [3.8, 4) is 11.1 Å². The number of esters is 1. The summed E-state index contributed by atoms with van der Waals surface area (Å²) < 4.78 is 124. The number of aryl methyl sites for hydroxylation is 3. The van der Waals surface area contributed by atoms with Crippen LogP contribution in [0.4, 0.5) is 35.1 Å². The molecule has 0 aliphatic rings. The molecule has 3 aromatic rings. The van der Waals surface area contributed by atoms with E-state index in [1.807, 2.05) is 18.7 Å². The number of likely N-dealkylation sites (N-methyl/N-ethyl adjacent to an activating group) is 1. The molecule has 0 saturated heterocycles. The van der Waals surface area contributed by atoms with Gasteiger partial charge in [0.1, 0.15) is 17.7 Å². The average Bonchev–Trinajstić information content (AvgIpc) is 3.04. The summed E-state index contributed by atoms with van der Waals surface area (Å²) in [4.78, 5) is 42.2. The number of hydrogen-bond donors (Lipinski definition) is 1. The quantitative estimate of drug-likeness (QED) is 0.123. The molecule has 0 aliphatic carbocycles. The van der Waals surface area contributed by atoms with Crippen LogP contribution in [-0.2, 0) is 33.1 Å². The van der Waals surface area contributed by atoms with E-state index in [4.69, 9.17) is 4.74 Å². The number of halogens is 8. The molecule has 7 nitrogen and oxygen atoms in total. The number of nitrogens with zero attached hydrogens (tertiary/aromatic N) is 2. The molecule has 1 N–H and O–H groups in total. The predicted molar refractivity (Wildman–Crippen MR) is 189 cm³/mol. The van der Waals surface area contributed by atoms with Crippen LogP contribution in [0.5, 0.6) is 0 Å². The fourth-order valence-corrected chi connectivity index (χ4v) is 6.75. The van der Waals surface area contributed by atoms with Crippen molar-refractivity contribution in [3.63, 3.8) is 0 Å². The van der Waals surface area contributed by atoms with E-state index in [2.05, 4.69) is 5.32 Å². The Morgan fingerprint density at radius 2 is 1.44 bits per heavy atom. The van der Waals surface area contributed by atoms with Crippen molar-refractivity contribution in [2.45, 2.75) is 99.1 Å². The Balaban J connectivity index is 2.31. The fraction of sp³-hybridized carbons (Fsp3) is 0.513. The number of pyridine rings is 1. The molecule has 1 heterocycles. The predicted octanol–water partition coefficient (Wildman–Crippen LogP) is 9.04. The van der Waals surface area contributed by atoms with Gasteiger partial charge in [0.05, 0.1) is 30.2 Å². The molecule has 298 valence electrons. The maximum atomic E-state index is 16.7. The van der Waals surface area contributed by atoms with Gasteiger partial charge in [0.25, 0.3) is 5.56 Å². The minimum atomic E-state index is -5.35. The number of nitrogens with one attached hydrogen (secondary N) is 1. The Hall–Kier alpha value is -4.27. The van der Waals surface area contributed by atoms with Crippen LogP contribution in [0.3, 0.4) is 0 Å². The van der Waals surface area contributed by atoms with Crippen molar-refractivity contribution in [1.82, 2.24) is 14.8 Å². The van der Waals surface area contributed by atoms with Crippen LogP contribution >= 0.6 is 0 Å². The molecule has 0 spiro atoms. The first-order chi connectivity index (χ1) is 25.0. The van der Waals surface area contributed by atoms with Gasteiger partial charge >= 0.3 is 18.3 Å². The minimum absolute atomic E-state index is 0.0392. The second-order valence-corrected chi connectivity index (χ2v) is 13.7. The Morgan fingerprint density at radius 1 is 0.870 bits per heavy atom. The van der Waals surface area contributed by atoms with E-state index >= 15 is 8.78 Å². The van der Waals surface area contributed by atoms with E-state index in [1.54, 1.807) is 32.9 Å². The number of carbonyl (C=O) groups excluding carboxylic acids is 2. The zero-order valence-corrected chi connectivity index (χ0v) is 31.6. The SMILES string of the molecule is CCOC(=O)C[C@H](NC(=O)C(CC(C)C)n1cc(CCN(CC)CC)c(C(F)(F)F)cc1=O)c1c(F)c(-c2c(C)cc(C)cc2C)cc(C(F)(F)F)c1F. The Kier molecular flexibility index (Phi) is 14.6. The molecule has 2 aromatic carbocycles. The smallest absolute Gasteiger partial charge is 0.419 e. The molecule has 1 amide bonds. The summed E-state index contributed by atoms with van der Waals surface area (Å²) in [5, 5.41) is 2.29. The molecule has 54 heavy (non-hydrogen) atoms. The second kappa shape index (κ2) is 17.9. The molecular weight excluding hydrogens is 726 g/mol. The van der Waals surface area contributed by atoms with Gasteiger partial charge in [-0.25, -0.2) is 8.78 Å². The van der Waals surface area contributed by atoms with Crippen LogP contribution in [0.2, 0.25) is 0 Å². The molecular formula is C39H47F8N3O4. The van der Waals surface area contributed by atoms with Crippen molar-refractivity contribution >= 4 is 11.9 Å². The van der Waals surface area contributed by atoms with E-state index in [9.17, 15) is 40.7 Å². The highest BCUT2D eigenvalue weighted by molar-refractivity contribution is 5.82. The van der Waals surface area contributed by atoms with Gasteiger partial charge in [-0.05, 0) is 87.9 Å². The van der Waals surface area contributed by atoms with Crippen molar-refractivity contribution < 1.29 is 49.4 Å². The third-order valence-corrected chi connectivity index (χ3v) is 9.22. The van der Waals surface area contributed by atoms with Crippen LogP contribution in [0.15, 0.2) is 35.3 Å². The number of carbonyl (C=O) groups is 2. The maximum absolute atomic E-state index is 16.7. The van der Waals surface area contributed by atoms with Crippen molar-refractivity contribution in [1.29, 1.82) is 0 Å². The van der Waals surface area contributed by atoms with Gasteiger partial charge in [-0.1, -0.05) is 45.4 Å². The maximum Gasteiger partial charge on any atom is 0.419 e. The molecule has 1 aromatic heterocycles. The molecule has 0 aliphatic heterocycles. The van der Waals surface area contributed by atoms with Crippen LogP contribution < -0.4 is 10.9 Å². The largest absolute Gasteiger partial charge is 0.466 e. The zero-order valence-electron chi connectivity index (χ0n) is 31.6.